The molecule has 0 amide bonds. The third-order valence-electron chi connectivity index (χ3n) is 5.05. The Balaban J connectivity index is 1.85. The van der Waals surface area contributed by atoms with Crippen LogP contribution in [-0.4, -0.2) is 49.6 Å². The summed E-state index contributed by atoms with van der Waals surface area (Å²) < 4.78 is 26.0. The Labute approximate surface area is 134 Å². The summed E-state index contributed by atoms with van der Waals surface area (Å²) in [6.45, 7) is 4.78. The molecule has 2 heterocycles. The second kappa shape index (κ2) is 6.30. The van der Waals surface area contributed by atoms with Crippen LogP contribution in [0.15, 0.2) is 24.3 Å². The highest BCUT2D eigenvalue weighted by atomic mass is 32.2. The van der Waals surface area contributed by atoms with Crippen molar-refractivity contribution in [3.05, 3.63) is 35.4 Å². The standard InChI is InChI=1S/C17H26N2O2S/c1-3-10-19(22(2,20)21)15-9-12-18-11-8-14-6-4-5-7-16(14)17(18)13-15/h4-7,15,17H,3,8-13H2,1-2H3/t15-,17+/m1/s1. The smallest absolute Gasteiger partial charge is 0.211 e. The zero-order valence-corrected chi connectivity index (χ0v) is 14.3. The van der Waals surface area contributed by atoms with Gasteiger partial charge < -0.3 is 0 Å². The molecule has 0 spiro atoms. The molecule has 1 aromatic rings. The largest absolute Gasteiger partial charge is 0.296 e. The molecular weight excluding hydrogens is 296 g/mol. The quantitative estimate of drug-likeness (QED) is 0.855. The molecule has 1 saturated heterocycles. The minimum absolute atomic E-state index is 0.141. The van der Waals surface area contributed by atoms with Gasteiger partial charge in [0.15, 0.2) is 0 Å². The molecule has 0 saturated carbocycles. The Morgan fingerprint density at radius 1 is 1.27 bits per heavy atom. The van der Waals surface area contributed by atoms with Crippen LogP contribution in [0.1, 0.15) is 43.4 Å². The van der Waals surface area contributed by atoms with Gasteiger partial charge in [0.2, 0.25) is 10.0 Å². The van der Waals surface area contributed by atoms with Gasteiger partial charge in [-0.2, -0.15) is 4.31 Å². The molecule has 0 bridgehead atoms. The van der Waals surface area contributed by atoms with Gasteiger partial charge in [-0.25, -0.2) is 8.42 Å². The molecule has 0 N–H and O–H groups in total. The van der Waals surface area contributed by atoms with E-state index in [2.05, 4.69) is 29.2 Å². The van der Waals surface area contributed by atoms with Gasteiger partial charge in [0.1, 0.15) is 0 Å². The van der Waals surface area contributed by atoms with Crippen LogP contribution in [0.5, 0.6) is 0 Å². The van der Waals surface area contributed by atoms with E-state index < -0.39 is 10.0 Å². The number of fused-ring (bicyclic) bond motifs is 3. The second-order valence-electron chi connectivity index (χ2n) is 6.55. The lowest BCUT2D eigenvalue weighted by Crippen LogP contribution is -2.50. The van der Waals surface area contributed by atoms with Crippen molar-refractivity contribution in [2.45, 2.75) is 44.7 Å². The van der Waals surface area contributed by atoms with E-state index in [1.807, 2.05) is 6.92 Å². The summed E-state index contributed by atoms with van der Waals surface area (Å²) in [7, 11) is -3.13. The number of piperidine rings is 1. The fourth-order valence-electron chi connectivity index (χ4n) is 4.04. The summed E-state index contributed by atoms with van der Waals surface area (Å²) in [5.41, 5.74) is 2.84. The van der Waals surface area contributed by atoms with E-state index in [1.54, 1.807) is 4.31 Å². The van der Waals surface area contributed by atoms with E-state index in [-0.39, 0.29) is 6.04 Å². The third-order valence-corrected chi connectivity index (χ3v) is 6.38. The fourth-order valence-corrected chi connectivity index (χ4v) is 5.29. The molecule has 1 fully saturated rings. The van der Waals surface area contributed by atoms with Crippen molar-refractivity contribution in [1.82, 2.24) is 9.21 Å². The minimum Gasteiger partial charge on any atom is -0.296 e. The monoisotopic (exact) mass is 322 g/mol. The predicted octanol–water partition coefficient (Wildman–Crippen LogP) is 2.42. The van der Waals surface area contributed by atoms with Gasteiger partial charge in [0.25, 0.3) is 0 Å². The molecule has 1 aromatic carbocycles. The van der Waals surface area contributed by atoms with E-state index in [0.29, 0.717) is 12.6 Å². The Bertz CT molecular complexity index is 629. The van der Waals surface area contributed by atoms with Crippen molar-refractivity contribution in [2.24, 2.45) is 0 Å². The lowest BCUT2D eigenvalue weighted by molar-refractivity contribution is 0.0908. The predicted molar refractivity (Wildman–Crippen MR) is 89.3 cm³/mol. The summed E-state index contributed by atoms with van der Waals surface area (Å²) in [6.07, 6.45) is 5.20. The molecule has 0 aliphatic carbocycles. The molecule has 2 atom stereocenters. The van der Waals surface area contributed by atoms with Crippen molar-refractivity contribution < 1.29 is 8.42 Å². The van der Waals surface area contributed by atoms with Gasteiger partial charge in [-0.1, -0.05) is 31.2 Å². The average Bonchev–Trinajstić information content (AvgIpc) is 2.51. The highest BCUT2D eigenvalue weighted by Gasteiger charge is 2.37. The summed E-state index contributed by atoms with van der Waals surface area (Å²) in [6, 6.07) is 9.17. The van der Waals surface area contributed by atoms with Gasteiger partial charge in [-0.3, -0.25) is 4.90 Å². The normalized spacial score (nSPS) is 25.8. The van der Waals surface area contributed by atoms with Crippen LogP contribution in [0.2, 0.25) is 0 Å². The maximum atomic E-state index is 12.1. The zero-order chi connectivity index (χ0) is 15.7. The Hall–Kier alpha value is -0.910. The first-order chi connectivity index (χ1) is 10.5. The SMILES string of the molecule is CCCN([C@@H]1CCN2CCc3ccccc3[C@@H]2C1)S(C)(=O)=O. The summed E-state index contributed by atoms with van der Waals surface area (Å²) in [5.74, 6) is 0. The highest BCUT2D eigenvalue weighted by molar-refractivity contribution is 7.88. The number of hydrogen-bond acceptors (Lipinski definition) is 3. The molecule has 4 nitrogen and oxygen atoms in total. The summed E-state index contributed by atoms with van der Waals surface area (Å²) in [4.78, 5) is 2.53. The lowest BCUT2D eigenvalue weighted by atomic mass is 9.85. The van der Waals surface area contributed by atoms with Crippen LogP contribution in [0.3, 0.4) is 0 Å². The van der Waals surface area contributed by atoms with Crippen molar-refractivity contribution in [3.8, 4) is 0 Å². The molecule has 122 valence electrons. The van der Waals surface area contributed by atoms with Crippen LogP contribution in [0.25, 0.3) is 0 Å². The van der Waals surface area contributed by atoms with E-state index >= 15 is 0 Å². The van der Waals surface area contributed by atoms with E-state index in [1.165, 1.54) is 17.4 Å². The molecular formula is C17H26N2O2S. The molecule has 0 radical (unpaired) electrons. The number of sulfonamides is 1. The molecule has 0 unspecified atom stereocenters. The maximum Gasteiger partial charge on any atom is 0.211 e. The second-order valence-corrected chi connectivity index (χ2v) is 8.49. The Kier molecular flexibility index (Phi) is 4.57. The topological polar surface area (TPSA) is 40.6 Å². The van der Waals surface area contributed by atoms with Gasteiger partial charge >= 0.3 is 0 Å². The first-order valence-corrected chi connectivity index (χ1v) is 10.1. The number of benzene rings is 1. The van der Waals surface area contributed by atoms with Crippen LogP contribution in [0.4, 0.5) is 0 Å². The van der Waals surface area contributed by atoms with Gasteiger partial charge in [-0.05, 0) is 36.8 Å². The van der Waals surface area contributed by atoms with Crippen LogP contribution >= 0.6 is 0 Å². The lowest BCUT2D eigenvalue weighted by Gasteiger charge is -2.45. The molecule has 3 rings (SSSR count). The first kappa shape index (κ1) is 16.0. The highest BCUT2D eigenvalue weighted by Crippen LogP contribution is 2.38. The molecule has 0 aromatic heterocycles. The molecule has 5 heteroatoms. The van der Waals surface area contributed by atoms with Crippen molar-refractivity contribution >= 4 is 10.0 Å². The number of rotatable bonds is 4. The van der Waals surface area contributed by atoms with Crippen LogP contribution < -0.4 is 0 Å². The van der Waals surface area contributed by atoms with Crippen molar-refractivity contribution in [2.75, 3.05) is 25.9 Å². The molecule has 2 aliphatic heterocycles. The summed E-state index contributed by atoms with van der Waals surface area (Å²) >= 11 is 0. The minimum atomic E-state index is -3.13. The van der Waals surface area contributed by atoms with Gasteiger partial charge in [-0.15, -0.1) is 0 Å². The van der Waals surface area contributed by atoms with Crippen LogP contribution in [0, 0.1) is 0 Å². The molecule has 2 aliphatic rings. The Morgan fingerprint density at radius 3 is 2.77 bits per heavy atom. The Morgan fingerprint density at radius 2 is 2.05 bits per heavy atom. The average molecular weight is 322 g/mol. The van der Waals surface area contributed by atoms with Crippen molar-refractivity contribution in [1.29, 1.82) is 0 Å². The number of nitrogens with zero attached hydrogens (tertiary/aromatic N) is 2. The molecule has 22 heavy (non-hydrogen) atoms. The van der Waals surface area contributed by atoms with Crippen molar-refractivity contribution in [3.63, 3.8) is 0 Å². The first-order valence-electron chi connectivity index (χ1n) is 8.29. The van der Waals surface area contributed by atoms with E-state index in [4.69, 9.17) is 0 Å². The van der Waals surface area contributed by atoms with E-state index in [9.17, 15) is 8.42 Å². The van der Waals surface area contributed by atoms with Gasteiger partial charge in [0.05, 0.1) is 6.26 Å². The van der Waals surface area contributed by atoms with E-state index in [0.717, 1.165) is 38.8 Å². The maximum absolute atomic E-state index is 12.1. The van der Waals surface area contributed by atoms with Gasteiger partial charge in [0, 0.05) is 31.7 Å². The fraction of sp³-hybridized carbons (Fsp3) is 0.647. The third kappa shape index (κ3) is 3.07. The zero-order valence-electron chi connectivity index (χ0n) is 13.5. The van der Waals surface area contributed by atoms with Crippen LogP contribution in [-0.2, 0) is 16.4 Å². The summed E-state index contributed by atoms with van der Waals surface area (Å²) in [5, 5.41) is 0. The number of hydrogen-bond donors (Lipinski definition) is 0.